The van der Waals surface area contributed by atoms with Gasteiger partial charge in [-0.25, -0.2) is 4.98 Å². The maximum absolute atomic E-state index is 12.4. The summed E-state index contributed by atoms with van der Waals surface area (Å²) in [6.07, 6.45) is 1.55. The standard InChI is InChI=1S/C14H11BrF2N4O2S/c1-2-21-11(8(15)6-18-21)12(22)20-14-19-9-4-3-7(23-13(16)17)5-10(9)24-14/h3-6,13H,2H2,1H3,(H,19,20,22). The number of hydrogen-bond donors (Lipinski definition) is 1. The molecule has 1 amide bonds. The molecule has 0 aliphatic carbocycles. The fourth-order valence-corrected chi connectivity index (χ4v) is 3.48. The third-order valence-corrected chi connectivity index (χ3v) is 4.63. The van der Waals surface area contributed by atoms with Gasteiger partial charge >= 0.3 is 6.61 Å². The van der Waals surface area contributed by atoms with Crippen molar-refractivity contribution < 1.29 is 18.3 Å². The van der Waals surface area contributed by atoms with Gasteiger partial charge < -0.3 is 4.74 Å². The van der Waals surface area contributed by atoms with E-state index in [1.54, 1.807) is 16.9 Å². The molecule has 10 heteroatoms. The second-order valence-electron chi connectivity index (χ2n) is 4.64. The number of benzene rings is 1. The van der Waals surface area contributed by atoms with E-state index in [9.17, 15) is 13.6 Å². The maximum Gasteiger partial charge on any atom is 0.387 e. The van der Waals surface area contributed by atoms with E-state index in [-0.39, 0.29) is 11.7 Å². The van der Waals surface area contributed by atoms with Crippen LogP contribution in [-0.4, -0.2) is 27.3 Å². The highest BCUT2D eigenvalue weighted by molar-refractivity contribution is 9.10. The monoisotopic (exact) mass is 416 g/mol. The topological polar surface area (TPSA) is 69.0 Å². The van der Waals surface area contributed by atoms with E-state index in [1.807, 2.05) is 6.92 Å². The smallest absolute Gasteiger partial charge is 0.387 e. The number of fused-ring (bicyclic) bond motifs is 1. The highest BCUT2D eigenvalue weighted by Gasteiger charge is 2.18. The van der Waals surface area contributed by atoms with Gasteiger partial charge in [-0.3, -0.25) is 14.8 Å². The predicted molar refractivity (Wildman–Crippen MR) is 89.8 cm³/mol. The Morgan fingerprint density at radius 1 is 1.50 bits per heavy atom. The molecule has 0 bridgehead atoms. The van der Waals surface area contributed by atoms with Crippen LogP contribution >= 0.6 is 27.3 Å². The van der Waals surface area contributed by atoms with Gasteiger partial charge in [-0.15, -0.1) is 0 Å². The maximum atomic E-state index is 12.4. The van der Waals surface area contributed by atoms with Crippen LogP contribution < -0.4 is 10.1 Å². The number of thiazole rings is 1. The van der Waals surface area contributed by atoms with Crippen LogP contribution in [0.4, 0.5) is 13.9 Å². The molecule has 24 heavy (non-hydrogen) atoms. The first-order chi connectivity index (χ1) is 11.5. The largest absolute Gasteiger partial charge is 0.435 e. The minimum Gasteiger partial charge on any atom is -0.435 e. The van der Waals surface area contributed by atoms with Crippen molar-refractivity contribution in [3.63, 3.8) is 0 Å². The lowest BCUT2D eigenvalue weighted by molar-refractivity contribution is -0.0497. The molecule has 0 saturated carbocycles. The van der Waals surface area contributed by atoms with Crippen LogP contribution in [0.25, 0.3) is 10.2 Å². The Hall–Kier alpha value is -2.07. The number of carbonyl (C=O) groups is 1. The van der Waals surface area contributed by atoms with E-state index in [1.165, 1.54) is 23.5 Å². The molecule has 2 heterocycles. The normalized spacial score (nSPS) is 11.2. The summed E-state index contributed by atoms with van der Waals surface area (Å²) in [5.74, 6) is -0.310. The van der Waals surface area contributed by atoms with Crippen molar-refractivity contribution in [1.82, 2.24) is 14.8 Å². The van der Waals surface area contributed by atoms with Crippen molar-refractivity contribution in [3.05, 3.63) is 34.6 Å². The Morgan fingerprint density at radius 2 is 2.29 bits per heavy atom. The fraction of sp³-hybridized carbons (Fsp3) is 0.214. The number of ether oxygens (including phenoxy) is 1. The SMILES string of the molecule is CCn1ncc(Br)c1C(=O)Nc1nc2ccc(OC(F)F)cc2s1. The van der Waals surface area contributed by atoms with Crippen LogP contribution in [0.2, 0.25) is 0 Å². The van der Waals surface area contributed by atoms with E-state index in [0.717, 1.165) is 0 Å². The molecule has 0 fully saturated rings. The summed E-state index contributed by atoms with van der Waals surface area (Å²) in [4.78, 5) is 16.7. The zero-order chi connectivity index (χ0) is 17.3. The van der Waals surface area contributed by atoms with Crippen LogP contribution in [0.15, 0.2) is 28.9 Å². The first-order valence-electron chi connectivity index (χ1n) is 6.86. The molecule has 1 N–H and O–H groups in total. The molecule has 0 aliphatic rings. The second-order valence-corrected chi connectivity index (χ2v) is 6.52. The van der Waals surface area contributed by atoms with Crippen molar-refractivity contribution in [2.75, 3.05) is 5.32 Å². The van der Waals surface area contributed by atoms with Gasteiger partial charge in [0.25, 0.3) is 5.91 Å². The van der Waals surface area contributed by atoms with Gasteiger partial charge in [0.1, 0.15) is 11.4 Å². The first kappa shape index (κ1) is 16.8. The van der Waals surface area contributed by atoms with Gasteiger partial charge in [-0.2, -0.15) is 13.9 Å². The van der Waals surface area contributed by atoms with E-state index < -0.39 is 6.61 Å². The number of amides is 1. The third kappa shape index (κ3) is 3.39. The zero-order valence-corrected chi connectivity index (χ0v) is 14.7. The molecular formula is C14H11BrF2N4O2S. The number of hydrogen-bond acceptors (Lipinski definition) is 5. The van der Waals surface area contributed by atoms with E-state index in [4.69, 9.17) is 0 Å². The number of nitrogens with zero attached hydrogens (tertiary/aromatic N) is 3. The van der Waals surface area contributed by atoms with Crippen molar-refractivity contribution in [1.29, 1.82) is 0 Å². The van der Waals surface area contributed by atoms with Gasteiger partial charge in [-0.1, -0.05) is 11.3 Å². The number of alkyl halides is 2. The fourth-order valence-electron chi connectivity index (χ4n) is 2.12. The van der Waals surface area contributed by atoms with Gasteiger partial charge in [0, 0.05) is 6.54 Å². The lowest BCUT2D eigenvalue weighted by Gasteiger charge is -2.04. The molecule has 0 radical (unpaired) electrons. The summed E-state index contributed by atoms with van der Waals surface area (Å²) in [5, 5.41) is 7.14. The van der Waals surface area contributed by atoms with Crippen LogP contribution in [0, 0.1) is 0 Å². The lowest BCUT2D eigenvalue weighted by atomic mass is 10.3. The predicted octanol–water partition coefficient (Wildman–Crippen LogP) is 4.13. The van der Waals surface area contributed by atoms with Gasteiger partial charge in [0.15, 0.2) is 5.13 Å². The lowest BCUT2D eigenvalue weighted by Crippen LogP contribution is -2.17. The third-order valence-electron chi connectivity index (χ3n) is 3.11. The highest BCUT2D eigenvalue weighted by Crippen LogP contribution is 2.30. The molecule has 0 atom stereocenters. The summed E-state index contributed by atoms with van der Waals surface area (Å²) in [6.45, 7) is -0.470. The minimum atomic E-state index is -2.89. The molecular weight excluding hydrogens is 406 g/mol. The summed E-state index contributed by atoms with van der Waals surface area (Å²) in [6, 6.07) is 4.43. The molecule has 0 aliphatic heterocycles. The zero-order valence-electron chi connectivity index (χ0n) is 12.3. The molecule has 2 aromatic heterocycles. The molecule has 1 aromatic carbocycles. The molecule has 3 rings (SSSR count). The summed E-state index contributed by atoms with van der Waals surface area (Å²) >= 11 is 4.46. The van der Waals surface area contributed by atoms with Crippen LogP contribution in [0.1, 0.15) is 17.4 Å². The number of carbonyl (C=O) groups excluding carboxylic acids is 1. The van der Waals surface area contributed by atoms with Crippen molar-refractivity contribution in [2.24, 2.45) is 0 Å². The Kier molecular flexibility index (Phi) is 4.76. The van der Waals surface area contributed by atoms with Crippen molar-refractivity contribution in [2.45, 2.75) is 20.1 Å². The van der Waals surface area contributed by atoms with Gasteiger partial charge in [0.2, 0.25) is 0 Å². The van der Waals surface area contributed by atoms with E-state index in [0.29, 0.717) is 32.1 Å². The first-order valence-corrected chi connectivity index (χ1v) is 8.47. The Morgan fingerprint density at radius 3 is 3.00 bits per heavy atom. The Labute approximate surface area is 147 Å². The molecule has 0 spiro atoms. The summed E-state index contributed by atoms with van der Waals surface area (Å²) < 4.78 is 31.6. The van der Waals surface area contributed by atoms with Crippen molar-refractivity contribution >= 4 is 48.5 Å². The average Bonchev–Trinajstić information content (AvgIpc) is 3.08. The highest BCUT2D eigenvalue weighted by atomic mass is 79.9. The number of anilines is 1. The number of nitrogens with one attached hydrogen (secondary N) is 1. The van der Waals surface area contributed by atoms with Crippen molar-refractivity contribution in [3.8, 4) is 5.75 Å². The van der Waals surface area contributed by atoms with Gasteiger partial charge in [-0.05, 0) is 41.1 Å². The molecule has 3 aromatic rings. The summed E-state index contributed by atoms with van der Waals surface area (Å²) in [5.41, 5.74) is 0.971. The number of aryl methyl sites for hydroxylation is 1. The van der Waals surface area contributed by atoms with Crippen LogP contribution in [-0.2, 0) is 6.54 Å². The average molecular weight is 417 g/mol. The Balaban J connectivity index is 1.84. The summed E-state index contributed by atoms with van der Waals surface area (Å²) in [7, 11) is 0. The molecule has 0 unspecified atom stereocenters. The number of aromatic nitrogens is 3. The number of rotatable bonds is 5. The quantitative estimate of drug-likeness (QED) is 0.678. The van der Waals surface area contributed by atoms with Gasteiger partial charge in [0.05, 0.1) is 20.9 Å². The van der Waals surface area contributed by atoms with Crippen LogP contribution in [0.5, 0.6) is 5.75 Å². The van der Waals surface area contributed by atoms with E-state index in [2.05, 4.69) is 36.1 Å². The Bertz CT molecular complexity index is 896. The molecule has 0 saturated heterocycles. The minimum absolute atomic E-state index is 0.0471. The van der Waals surface area contributed by atoms with E-state index >= 15 is 0 Å². The van der Waals surface area contributed by atoms with Crippen LogP contribution in [0.3, 0.4) is 0 Å². The molecule has 6 nitrogen and oxygen atoms in total. The number of halogens is 3. The molecule has 126 valence electrons. The second kappa shape index (κ2) is 6.81.